The predicted octanol–water partition coefficient (Wildman–Crippen LogP) is 3.79. The van der Waals surface area contributed by atoms with E-state index in [0.717, 1.165) is 11.1 Å². The van der Waals surface area contributed by atoms with E-state index < -0.39 is 17.5 Å². The number of benzene rings is 3. The molecule has 3 aromatic rings. The first kappa shape index (κ1) is 20.2. The van der Waals surface area contributed by atoms with Gasteiger partial charge in [-0.05, 0) is 36.4 Å². The van der Waals surface area contributed by atoms with Gasteiger partial charge in [-0.3, -0.25) is 19.8 Å². The van der Waals surface area contributed by atoms with E-state index in [0.29, 0.717) is 30.2 Å². The summed E-state index contributed by atoms with van der Waals surface area (Å²) < 4.78 is 5.85. The molecule has 7 heteroatoms. The number of likely N-dealkylation sites (tertiary alicyclic amines) is 1. The van der Waals surface area contributed by atoms with E-state index >= 15 is 0 Å². The Morgan fingerprint density at radius 2 is 1.75 bits per heavy atom. The Labute approximate surface area is 185 Å². The molecule has 0 saturated carbocycles. The monoisotopic (exact) mass is 429 g/mol. The van der Waals surface area contributed by atoms with Gasteiger partial charge in [0, 0.05) is 22.7 Å². The van der Waals surface area contributed by atoms with Crippen LogP contribution in [0.3, 0.4) is 0 Å². The largest absolute Gasteiger partial charge is 0.489 e. The third kappa shape index (κ3) is 3.05. The van der Waals surface area contributed by atoms with Gasteiger partial charge < -0.3 is 10.1 Å². The number of hydrogen-bond acceptors (Lipinski definition) is 5. The van der Waals surface area contributed by atoms with Crippen LogP contribution >= 0.6 is 0 Å². The number of ether oxygens (including phenoxy) is 1. The lowest BCUT2D eigenvalue weighted by Gasteiger charge is -2.30. The first-order chi connectivity index (χ1) is 15.5. The van der Waals surface area contributed by atoms with Gasteiger partial charge in [0.1, 0.15) is 12.4 Å². The SMILES string of the molecule is CN1C[C@H](c2ccc(OCc3ccccc3)cc2)[C@H]([N+](=O)[O-])[C@]12C(=O)Nc1ccccc12. The topological polar surface area (TPSA) is 84.7 Å². The highest BCUT2D eigenvalue weighted by Gasteiger charge is 2.68. The van der Waals surface area contributed by atoms with E-state index in [9.17, 15) is 14.9 Å². The van der Waals surface area contributed by atoms with Crippen LogP contribution in [-0.2, 0) is 16.9 Å². The van der Waals surface area contributed by atoms with Crippen LogP contribution in [0.4, 0.5) is 5.69 Å². The fourth-order valence-corrected chi connectivity index (χ4v) is 5.13. The average molecular weight is 429 g/mol. The van der Waals surface area contributed by atoms with Gasteiger partial charge in [-0.25, -0.2) is 0 Å². The molecule has 0 bridgehead atoms. The van der Waals surface area contributed by atoms with Crippen LogP contribution < -0.4 is 10.1 Å². The third-order valence-corrected chi connectivity index (χ3v) is 6.60. The number of nitro groups is 1. The molecule has 1 N–H and O–H groups in total. The summed E-state index contributed by atoms with van der Waals surface area (Å²) in [4.78, 5) is 27.0. The van der Waals surface area contributed by atoms with Crippen molar-refractivity contribution in [1.82, 2.24) is 4.90 Å². The van der Waals surface area contributed by atoms with Crippen LogP contribution in [0.1, 0.15) is 22.6 Å². The molecule has 3 aromatic carbocycles. The molecule has 1 fully saturated rings. The molecule has 1 amide bonds. The highest BCUT2D eigenvalue weighted by molar-refractivity contribution is 6.06. The molecule has 7 nitrogen and oxygen atoms in total. The third-order valence-electron chi connectivity index (χ3n) is 6.60. The molecule has 2 heterocycles. The molecule has 2 aliphatic heterocycles. The van der Waals surface area contributed by atoms with Crippen LogP contribution in [0.2, 0.25) is 0 Å². The van der Waals surface area contributed by atoms with Gasteiger partial charge in [0.05, 0.1) is 5.92 Å². The Hall–Kier alpha value is -3.71. The Bertz CT molecular complexity index is 1170. The lowest BCUT2D eigenvalue weighted by atomic mass is 9.79. The van der Waals surface area contributed by atoms with Gasteiger partial charge in [-0.2, -0.15) is 0 Å². The number of rotatable bonds is 5. The Balaban J connectivity index is 1.44. The quantitative estimate of drug-likeness (QED) is 0.493. The minimum Gasteiger partial charge on any atom is -0.489 e. The summed E-state index contributed by atoms with van der Waals surface area (Å²) in [6, 6.07) is 23.4. The number of para-hydroxylation sites is 1. The van der Waals surface area contributed by atoms with Gasteiger partial charge in [0.15, 0.2) is 5.54 Å². The number of likely N-dealkylation sites (N-methyl/N-ethyl adjacent to an activating group) is 1. The van der Waals surface area contributed by atoms with Crippen molar-refractivity contribution >= 4 is 11.6 Å². The van der Waals surface area contributed by atoms with E-state index in [2.05, 4.69) is 5.32 Å². The number of amides is 1. The van der Waals surface area contributed by atoms with Crippen molar-refractivity contribution in [3.8, 4) is 5.75 Å². The maximum atomic E-state index is 13.2. The van der Waals surface area contributed by atoms with Gasteiger partial charge in [0.25, 0.3) is 11.9 Å². The zero-order valence-corrected chi connectivity index (χ0v) is 17.6. The van der Waals surface area contributed by atoms with Gasteiger partial charge >= 0.3 is 0 Å². The predicted molar refractivity (Wildman–Crippen MR) is 120 cm³/mol. The highest BCUT2D eigenvalue weighted by atomic mass is 16.6. The Kier molecular flexibility index (Phi) is 4.90. The van der Waals surface area contributed by atoms with Crippen molar-refractivity contribution in [2.45, 2.75) is 24.1 Å². The van der Waals surface area contributed by atoms with E-state index in [-0.39, 0.29) is 10.8 Å². The lowest BCUT2D eigenvalue weighted by molar-refractivity contribution is -0.534. The van der Waals surface area contributed by atoms with Crippen molar-refractivity contribution in [2.24, 2.45) is 0 Å². The Morgan fingerprint density at radius 1 is 1.06 bits per heavy atom. The summed E-state index contributed by atoms with van der Waals surface area (Å²) in [5.74, 6) is -0.0800. The van der Waals surface area contributed by atoms with Crippen LogP contribution in [0.25, 0.3) is 0 Å². The van der Waals surface area contributed by atoms with Crippen LogP contribution in [-0.4, -0.2) is 35.4 Å². The molecule has 0 unspecified atom stereocenters. The molecule has 5 rings (SSSR count). The Morgan fingerprint density at radius 3 is 2.47 bits per heavy atom. The molecule has 2 aliphatic rings. The van der Waals surface area contributed by atoms with Gasteiger partial charge in [-0.1, -0.05) is 60.7 Å². The molecule has 1 spiro atoms. The normalized spacial score (nSPS) is 24.3. The van der Waals surface area contributed by atoms with E-state index in [4.69, 9.17) is 4.74 Å². The second-order valence-corrected chi connectivity index (χ2v) is 8.33. The molecule has 32 heavy (non-hydrogen) atoms. The molecule has 0 radical (unpaired) electrons. The minimum absolute atomic E-state index is 0.296. The lowest BCUT2D eigenvalue weighted by Crippen LogP contribution is -2.54. The highest BCUT2D eigenvalue weighted by Crippen LogP contribution is 2.51. The van der Waals surface area contributed by atoms with Gasteiger partial charge in [-0.15, -0.1) is 0 Å². The van der Waals surface area contributed by atoms with Crippen LogP contribution in [0.5, 0.6) is 5.75 Å². The second-order valence-electron chi connectivity index (χ2n) is 8.33. The summed E-state index contributed by atoms with van der Waals surface area (Å²) in [5, 5.41) is 15.2. The maximum absolute atomic E-state index is 13.2. The van der Waals surface area contributed by atoms with Crippen molar-refractivity contribution < 1.29 is 14.5 Å². The fourth-order valence-electron chi connectivity index (χ4n) is 5.13. The molecular weight excluding hydrogens is 406 g/mol. The number of hydrogen-bond donors (Lipinski definition) is 1. The van der Waals surface area contributed by atoms with Crippen molar-refractivity contribution in [3.05, 3.63) is 106 Å². The fraction of sp³-hybridized carbons (Fsp3) is 0.240. The number of anilines is 1. The molecule has 162 valence electrons. The van der Waals surface area contributed by atoms with Crippen molar-refractivity contribution in [1.29, 1.82) is 0 Å². The molecular formula is C25H23N3O4. The zero-order valence-electron chi connectivity index (χ0n) is 17.6. The minimum atomic E-state index is -1.33. The van der Waals surface area contributed by atoms with E-state index in [1.54, 1.807) is 13.1 Å². The number of carbonyl (C=O) groups excluding carboxylic acids is 1. The zero-order chi connectivity index (χ0) is 22.3. The molecule has 0 aromatic heterocycles. The second kappa shape index (κ2) is 7.76. The molecule has 1 saturated heterocycles. The maximum Gasteiger partial charge on any atom is 0.256 e. The molecule has 0 aliphatic carbocycles. The van der Waals surface area contributed by atoms with E-state index in [1.807, 2.05) is 77.7 Å². The number of fused-ring (bicyclic) bond motifs is 2. The van der Waals surface area contributed by atoms with Crippen molar-refractivity contribution in [3.63, 3.8) is 0 Å². The van der Waals surface area contributed by atoms with Crippen LogP contribution in [0.15, 0.2) is 78.9 Å². The summed E-state index contributed by atoms with van der Waals surface area (Å²) in [6.45, 7) is 0.849. The summed E-state index contributed by atoms with van der Waals surface area (Å²) in [7, 11) is 1.79. The summed E-state index contributed by atoms with van der Waals surface area (Å²) >= 11 is 0. The first-order valence-electron chi connectivity index (χ1n) is 10.5. The van der Waals surface area contributed by atoms with Crippen LogP contribution in [0, 0.1) is 10.1 Å². The van der Waals surface area contributed by atoms with Gasteiger partial charge in [0.2, 0.25) is 0 Å². The van der Waals surface area contributed by atoms with E-state index in [1.165, 1.54) is 0 Å². The average Bonchev–Trinajstić information content (AvgIpc) is 3.28. The standard InChI is InChI=1S/C25H23N3O4/c1-27-15-20(18-11-13-19(14-12-18)32-16-17-7-3-2-4-8-17)23(28(30)31)25(27)21-9-5-6-10-22(21)26-24(25)29/h2-14,20,23H,15-16H2,1H3,(H,26,29)/t20-,23+,25-/m1/s1. The number of carbonyl (C=O) groups is 1. The summed E-state index contributed by atoms with van der Waals surface area (Å²) in [6.07, 6.45) is 0. The number of nitrogens with one attached hydrogen (secondary N) is 1. The summed E-state index contributed by atoms with van der Waals surface area (Å²) in [5.41, 5.74) is 1.86. The van der Waals surface area contributed by atoms with Crippen molar-refractivity contribution in [2.75, 3.05) is 18.9 Å². The number of nitrogens with zero attached hydrogens (tertiary/aromatic N) is 2. The molecule has 3 atom stereocenters. The first-order valence-corrected chi connectivity index (χ1v) is 10.5. The smallest absolute Gasteiger partial charge is 0.256 e.